The first-order valence-electron chi connectivity index (χ1n) is 7.10. The molecule has 2 heterocycles. The van der Waals surface area contributed by atoms with Gasteiger partial charge < -0.3 is 5.32 Å². The maximum Gasteiger partial charge on any atom is 0.0527 e. The monoisotopic (exact) mass is 250 g/mol. The van der Waals surface area contributed by atoms with Crippen molar-refractivity contribution in [3.63, 3.8) is 0 Å². The van der Waals surface area contributed by atoms with Gasteiger partial charge in [0.25, 0.3) is 0 Å². The van der Waals surface area contributed by atoms with Gasteiger partial charge >= 0.3 is 0 Å². The highest BCUT2D eigenvalue weighted by Crippen LogP contribution is 2.19. The Labute approximate surface area is 110 Å². The van der Waals surface area contributed by atoms with Gasteiger partial charge in [0, 0.05) is 25.3 Å². The number of nitrogens with one attached hydrogen (secondary N) is 1. The lowest BCUT2D eigenvalue weighted by atomic mass is 9.98. The van der Waals surface area contributed by atoms with Crippen LogP contribution >= 0.6 is 0 Å². The predicted octanol–water partition coefficient (Wildman–Crippen LogP) is 1.90. The minimum atomic E-state index is 0.452. The maximum atomic E-state index is 4.41. The second-order valence-corrected chi connectivity index (χ2v) is 5.66. The average molecular weight is 250 g/mol. The van der Waals surface area contributed by atoms with Crippen molar-refractivity contribution in [2.75, 3.05) is 26.7 Å². The van der Waals surface area contributed by atoms with Crippen LogP contribution in [0.2, 0.25) is 0 Å². The quantitative estimate of drug-likeness (QED) is 0.866. The Bertz CT molecular complexity index is 356. The van der Waals surface area contributed by atoms with Crippen LogP contribution in [0.25, 0.3) is 0 Å². The highest BCUT2D eigenvalue weighted by atomic mass is 15.3. The molecule has 102 valence electrons. The molecule has 1 atom stereocenters. The molecule has 1 saturated heterocycles. The third-order valence-corrected chi connectivity index (χ3v) is 3.72. The lowest BCUT2D eigenvalue weighted by molar-refractivity contribution is 0.162. The Morgan fingerprint density at radius 1 is 1.50 bits per heavy atom. The first kappa shape index (κ1) is 13.6. The molecule has 0 saturated carbocycles. The van der Waals surface area contributed by atoms with Crippen molar-refractivity contribution in [1.82, 2.24) is 20.0 Å². The molecule has 4 heteroatoms. The number of hydrogen-bond donors (Lipinski definition) is 1. The van der Waals surface area contributed by atoms with Crippen LogP contribution in [0.15, 0.2) is 12.3 Å². The van der Waals surface area contributed by atoms with E-state index in [1.807, 2.05) is 13.2 Å². The fraction of sp³-hybridized carbons (Fsp3) is 0.786. The summed E-state index contributed by atoms with van der Waals surface area (Å²) >= 11 is 0. The summed E-state index contributed by atoms with van der Waals surface area (Å²) in [6.45, 7) is 9.00. The summed E-state index contributed by atoms with van der Waals surface area (Å²) < 4.78 is 2.14. The molecule has 0 bridgehead atoms. The molecule has 1 fully saturated rings. The van der Waals surface area contributed by atoms with Crippen LogP contribution in [0.3, 0.4) is 0 Å². The molecule has 0 aliphatic carbocycles. The summed E-state index contributed by atoms with van der Waals surface area (Å²) in [5, 5.41) is 7.72. The molecule has 0 radical (unpaired) electrons. The molecule has 1 unspecified atom stereocenters. The van der Waals surface area contributed by atoms with Gasteiger partial charge in [-0.3, -0.25) is 9.58 Å². The van der Waals surface area contributed by atoms with Crippen molar-refractivity contribution in [3.05, 3.63) is 18.0 Å². The van der Waals surface area contributed by atoms with Gasteiger partial charge in [0.05, 0.1) is 5.69 Å². The Hall–Kier alpha value is -0.870. The van der Waals surface area contributed by atoms with Crippen molar-refractivity contribution in [3.8, 4) is 0 Å². The minimum absolute atomic E-state index is 0.452. The first-order valence-corrected chi connectivity index (χ1v) is 7.10. The van der Waals surface area contributed by atoms with Gasteiger partial charge in [0.2, 0.25) is 0 Å². The summed E-state index contributed by atoms with van der Waals surface area (Å²) in [6.07, 6.45) is 4.60. The standard InChI is InChI=1S/C14H26N4/c1-12(2)18-14(6-7-16-18)11-17-8-4-5-13(10-17)9-15-3/h6-7,12-13,15H,4-5,8-11H2,1-3H3. The van der Waals surface area contributed by atoms with Gasteiger partial charge in [-0.25, -0.2) is 0 Å². The molecule has 4 nitrogen and oxygen atoms in total. The number of hydrogen-bond acceptors (Lipinski definition) is 3. The molecule has 1 aromatic rings. The van der Waals surface area contributed by atoms with Crippen molar-refractivity contribution in [2.24, 2.45) is 5.92 Å². The first-order chi connectivity index (χ1) is 8.70. The van der Waals surface area contributed by atoms with Gasteiger partial charge in [-0.2, -0.15) is 5.10 Å². The number of rotatable bonds is 5. The highest BCUT2D eigenvalue weighted by Gasteiger charge is 2.20. The zero-order chi connectivity index (χ0) is 13.0. The molecule has 0 aromatic carbocycles. The van der Waals surface area contributed by atoms with Crippen molar-refractivity contribution < 1.29 is 0 Å². The van der Waals surface area contributed by atoms with E-state index in [9.17, 15) is 0 Å². The van der Waals surface area contributed by atoms with Crippen molar-refractivity contribution in [1.29, 1.82) is 0 Å². The predicted molar refractivity (Wildman–Crippen MR) is 74.5 cm³/mol. The van der Waals surface area contributed by atoms with E-state index in [1.165, 1.54) is 31.6 Å². The third-order valence-electron chi connectivity index (χ3n) is 3.72. The SMILES string of the molecule is CNCC1CCCN(Cc2ccnn2C(C)C)C1. The summed E-state index contributed by atoms with van der Waals surface area (Å²) in [6, 6.07) is 2.61. The zero-order valence-electron chi connectivity index (χ0n) is 11.9. The van der Waals surface area contributed by atoms with E-state index in [-0.39, 0.29) is 0 Å². The number of nitrogens with zero attached hydrogens (tertiary/aromatic N) is 3. The summed E-state index contributed by atoms with van der Waals surface area (Å²) in [4.78, 5) is 2.57. The summed E-state index contributed by atoms with van der Waals surface area (Å²) in [5.74, 6) is 0.805. The van der Waals surface area contributed by atoms with E-state index in [1.54, 1.807) is 0 Å². The topological polar surface area (TPSA) is 33.1 Å². The van der Waals surface area contributed by atoms with E-state index in [0.717, 1.165) is 19.0 Å². The lowest BCUT2D eigenvalue weighted by Gasteiger charge is -2.32. The number of likely N-dealkylation sites (tertiary alicyclic amines) is 1. The number of aromatic nitrogens is 2. The zero-order valence-corrected chi connectivity index (χ0v) is 11.9. The minimum Gasteiger partial charge on any atom is -0.319 e. The van der Waals surface area contributed by atoms with Gasteiger partial charge in [-0.1, -0.05) is 0 Å². The van der Waals surface area contributed by atoms with Crippen molar-refractivity contribution in [2.45, 2.75) is 39.3 Å². The van der Waals surface area contributed by atoms with E-state index >= 15 is 0 Å². The van der Waals surface area contributed by atoms with E-state index in [2.05, 4.69) is 39.9 Å². The molecular formula is C14H26N4. The van der Waals surface area contributed by atoms with E-state index in [4.69, 9.17) is 0 Å². The number of piperidine rings is 1. The molecular weight excluding hydrogens is 224 g/mol. The van der Waals surface area contributed by atoms with E-state index < -0.39 is 0 Å². The van der Waals surface area contributed by atoms with Crippen LogP contribution < -0.4 is 5.32 Å². The Balaban J connectivity index is 1.94. The molecule has 1 N–H and O–H groups in total. The fourth-order valence-electron chi connectivity index (χ4n) is 2.91. The molecule has 1 aliphatic heterocycles. The fourth-order valence-corrected chi connectivity index (χ4v) is 2.91. The normalized spacial score (nSPS) is 21.7. The van der Waals surface area contributed by atoms with Crippen LogP contribution in [-0.4, -0.2) is 41.4 Å². The van der Waals surface area contributed by atoms with Crippen LogP contribution in [0.1, 0.15) is 38.4 Å². The maximum absolute atomic E-state index is 4.41. The lowest BCUT2D eigenvalue weighted by Crippen LogP contribution is -2.39. The molecule has 2 rings (SSSR count). The largest absolute Gasteiger partial charge is 0.319 e. The average Bonchev–Trinajstić information content (AvgIpc) is 2.78. The third kappa shape index (κ3) is 3.33. The van der Waals surface area contributed by atoms with Crippen LogP contribution in [0.5, 0.6) is 0 Å². The molecule has 18 heavy (non-hydrogen) atoms. The van der Waals surface area contributed by atoms with Crippen LogP contribution in [0.4, 0.5) is 0 Å². The Kier molecular flexibility index (Phi) is 4.78. The van der Waals surface area contributed by atoms with Crippen molar-refractivity contribution >= 4 is 0 Å². The second-order valence-electron chi connectivity index (χ2n) is 5.66. The smallest absolute Gasteiger partial charge is 0.0527 e. The molecule has 1 aliphatic rings. The summed E-state index contributed by atoms with van der Waals surface area (Å²) in [7, 11) is 2.05. The summed E-state index contributed by atoms with van der Waals surface area (Å²) in [5.41, 5.74) is 1.34. The highest BCUT2D eigenvalue weighted by molar-refractivity contribution is 5.02. The molecule has 1 aromatic heterocycles. The van der Waals surface area contributed by atoms with Gasteiger partial charge in [0.1, 0.15) is 0 Å². The van der Waals surface area contributed by atoms with Gasteiger partial charge in [-0.05, 0) is 58.8 Å². The molecule has 0 spiro atoms. The Morgan fingerprint density at radius 3 is 3.06 bits per heavy atom. The molecule has 0 amide bonds. The van der Waals surface area contributed by atoms with Gasteiger partial charge in [-0.15, -0.1) is 0 Å². The van der Waals surface area contributed by atoms with Crippen LogP contribution in [0, 0.1) is 5.92 Å². The van der Waals surface area contributed by atoms with E-state index in [0.29, 0.717) is 6.04 Å². The second kappa shape index (κ2) is 6.34. The van der Waals surface area contributed by atoms with Crippen LogP contribution in [-0.2, 0) is 6.54 Å². The van der Waals surface area contributed by atoms with Gasteiger partial charge in [0.15, 0.2) is 0 Å². The Morgan fingerprint density at radius 2 is 2.33 bits per heavy atom.